The van der Waals surface area contributed by atoms with Crippen molar-refractivity contribution in [2.24, 2.45) is 7.05 Å². The quantitative estimate of drug-likeness (QED) is 0.364. The van der Waals surface area contributed by atoms with Crippen LogP contribution in [0.4, 0.5) is 14.5 Å². The van der Waals surface area contributed by atoms with E-state index < -0.39 is 35.1 Å². The highest BCUT2D eigenvalue weighted by Gasteiger charge is 2.29. The Morgan fingerprint density at radius 2 is 1.76 bits per heavy atom. The summed E-state index contributed by atoms with van der Waals surface area (Å²) in [6.07, 6.45) is 0.732. The van der Waals surface area contributed by atoms with Gasteiger partial charge in [0.15, 0.2) is 0 Å². The maximum atomic E-state index is 14.9. The fourth-order valence-electron chi connectivity index (χ4n) is 5.12. The molecule has 218 valence electrons. The minimum atomic E-state index is -1.23. The van der Waals surface area contributed by atoms with Crippen LogP contribution in [0, 0.1) is 25.5 Å². The lowest BCUT2D eigenvalue weighted by Gasteiger charge is -2.20. The van der Waals surface area contributed by atoms with Crippen LogP contribution in [0.1, 0.15) is 58.6 Å². The first-order valence-electron chi connectivity index (χ1n) is 13.5. The summed E-state index contributed by atoms with van der Waals surface area (Å²) in [5.41, 5.74) is 4.59. The molecule has 0 saturated carbocycles. The summed E-state index contributed by atoms with van der Waals surface area (Å²) in [5.74, 6) is -3.95. The lowest BCUT2D eigenvalue weighted by molar-refractivity contribution is -0.142. The van der Waals surface area contributed by atoms with Crippen molar-refractivity contribution in [3.05, 3.63) is 85.8 Å². The summed E-state index contributed by atoms with van der Waals surface area (Å²) in [5, 5.41) is 5.42. The van der Waals surface area contributed by atoms with E-state index in [2.05, 4.69) is 10.6 Å². The summed E-state index contributed by atoms with van der Waals surface area (Å²) < 4.78 is 42.0. The number of aromatic nitrogens is 1. The largest absolute Gasteiger partial charge is 0.467 e. The third-order valence-corrected chi connectivity index (χ3v) is 7.67. The van der Waals surface area contributed by atoms with Crippen molar-refractivity contribution >= 4 is 17.6 Å². The third-order valence-electron chi connectivity index (χ3n) is 7.67. The molecule has 1 aliphatic heterocycles. The number of rotatable bonds is 9. The van der Waals surface area contributed by atoms with Crippen LogP contribution in [0.15, 0.2) is 35.1 Å². The molecule has 0 unspecified atom stereocenters. The number of halogens is 2. The second-order valence-electron chi connectivity index (χ2n) is 10.5. The molecule has 4 rings (SSSR count). The number of pyridine rings is 1. The van der Waals surface area contributed by atoms with E-state index >= 15 is 0 Å². The lowest BCUT2D eigenvalue weighted by atomic mass is 9.90. The molecule has 3 aromatic rings. The Balaban J connectivity index is 1.65. The molecule has 0 fully saturated rings. The maximum absolute atomic E-state index is 14.9. The number of amides is 1. The molecule has 0 saturated heterocycles. The van der Waals surface area contributed by atoms with Crippen molar-refractivity contribution in [3.8, 4) is 11.1 Å². The molecule has 1 aliphatic rings. The Morgan fingerprint density at radius 1 is 1.10 bits per heavy atom. The first kappa shape index (κ1) is 29.9. The Kier molecular flexibility index (Phi) is 8.92. The number of benzene rings is 2. The SMILES string of the molecule is CC[C@H](C)Nc1cc(F)c(C(=O)N[C@@H](Cc2ccc(-c3c(C)cc(C)n(C)c3=O)c3c2COC3)C(=O)OC)c(F)c1. The lowest BCUT2D eigenvalue weighted by Crippen LogP contribution is -2.43. The van der Waals surface area contributed by atoms with Gasteiger partial charge in [-0.25, -0.2) is 13.6 Å². The van der Waals surface area contributed by atoms with Crippen molar-refractivity contribution in [2.75, 3.05) is 12.4 Å². The van der Waals surface area contributed by atoms with Crippen LogP contribution in [0.3, 0.4) is 0 Å². The highest BCUT2D eigenvalue weighted by Crippen LogP contribution is 2.34. The zero-order chi connectivity index (χ0) is 30.0. The van der Waals surface area contributed by atoms with Crippen molar-refractivity contribution < 1.29 is 27.8 Å². The Morgan fingerprint density at radius 3 is 2.39 bits per heavy atom. The van der Waals surface area contributed by atoms with Crippen LogP contribution in [-0.4, -0.2) is 35.6 Å². The molecule has 1 aromatic heterocycles. The van der Waals surface area contributed by atoms with Crippen LogP contribution in [0.2, 0.25) is 0 Å². The van der Waals surface area contributed by atoms with Gasteiger partial charge in [0, 0.05) is 30.9 Å². The average Bonchev–Trinajstić information content (AvgIpc) is 3.42. The number of methoxy groups -OCH3 is 1. The van der Waals surface area contributed by atoms with Gasteiger partial charge >= 0.3 is 5.97 Å². The number of fused-ring (bicyclic) bond motifs is 1. The number of esters is 1. The van der Waals surface area contributed by atoms with Gasteiger partial charge in [0.1, 0.15) is 23.2 Å². The van der Waals surface area contributed by atoms with Gasteiger partial charge in [0.2, 0.25) is 0 Å². The topological polar surface area (TPSA) is 98.7 Å². The number of anilines is 1. The van der Waals surface area contributed by atoms with Crippen LogP contribution in [0.5, 0.6) is 0 Å². The molecule has 8 nitrogen and oxygen atoms in total. The van der Waals surface area contributed by atoms with Crippen LogP contribution < -0.4 is 16.2 Å². The van der Waals surface area contributed by atoms with Crippen molar-refractivity contribution in [2.45, 2.75) is 65.8 Å². The fourth-order valence-corrected chi connectivity index (χ4v) is 5.12. The Hall–Kier alpha value is -4.05. The predicted molar refractivity (Wildman–Crippen MR) is 152 cm³/mol. The predicted octanol–water partition coefficient (Wildman–Crippen LogP) is 4.70. The second kappa shape index (κ2) is 12.2. The maximum Gasteiger partial charge on any atom is 0.328 e. The van der Waals surface area contributed by atoms with E-state index in [1.807, 2.05) is 33.8 Å². The van der Waals surface area contributed by atoms with Crippen molar-refractivity contribution in [1.29, 1.82) is 0 Å². The van der Waals surface area contributed by atoms with Gasteiger partial charge in [0.05, 0.1) is 25.9 Å². The van der Waals surface area contributed by atoms with Crippen LogP contribution in [0.25, 0.3) is 11.1 Å². The van der Waals surface area contributed by atoms with Crippen molar-refractivity contribution in [1.82, 2.24) is 9.88 Å². The fraction of sp³-hybridized carbons (Fsp3) is 0.387. The summed E-state index contributed by atoms with van der Waals surface area (Å²) >= 11 is 0. The van der Waals surface area contributed by atoms with E-state index in [-0.39, 0.29) is 36.9 Å². The molecule has 2 aromatic carbocycles. The first-order valence-corrected chi connectivity index (χ1v) is 13.5. The van der Waals surface area contributed by atoms with Crippen LogP contribution >= 0.6 is 0 Å². The van der Waals surface area contributed by atoms with E-state index in [1.54, 1.807) is 23.7 Å². The molecule has 2 heterocycles. The van der Waals surface area contributed by atoms with E-state index in [0.717, 1.165) is 46.5 Å². The normalized spacial score (nSPS) is 13.9. The minimum absolute atomic E-state index is 0.00777. The number of ether oxygens (including phenoxy) is 2. The molecule has 0 aliphatic carbocycles. The van der Waals surface area contributed by atoms with Gasteiger partial charge in [-0.05, 0) is 73.2 Å². The highest BCUT2D eigenvalue weighted by atomic mass is 19.1. The zero-order valence-corrected chi connectivity index (χ0v) is 24.1. The zero-order valence-electron chi connectivity index (χ0n) is 24.1. The van der Waals surface area contributed by atoms with Gasteiger partial charge < -0.3 is 24.7 Å². The summed E-state index contributed by atoms with van der Waals surface area (Å²) in [6, 6.07) is 6.39. The number of carbonyl (C=O) groups is 2. The molecule has 0 bridgehead atoms. The Labute approximate surface area is 237 Å². The van der Waals surface area contributed by atoms with E-state index in [1.165, 1.54) is 7.11 Å². The van der Waals surface area contributed by atoms with Crippen LogP contribution in [-0.2, 0) is 41.0 Å². The van der Waals surface area contributed by atoms with Gasteiger partial charge in [-0.15, -0.1) is 0 Å². The monoisotopic (exact) mass is 567 g/mol. The standard InChI is InChI=1S/C31H35F2N3O5/c1-7-17(3)34-20-12-24(32)28(25(33)13-20)29(37)35-26(31(39)40-6)11-19-8-9-21(23-15-41-14-22(19)23)27-16(2)10-18(4)36(5)30(27)38/h8-10,12-13,17,26,34H,7,11,14-15H2,1-6H3,(H,35,37)/t17-,26-/m0/s1. The number of nitrogens with zero attached hydrogens (tertiary/aromatic N) is 1. The number of nitrogens with one attached hydrogen (secondary N) is 2. The molecule has 0 spiro atoms. The van der Waals surface area contributed by atoms with Gasteiger partial charge in [-0.3, -0.25) is 9.59 Å². The number of aryl methyl sites for hydroxylation is 2. The molecule has 2 N–H and O–H groups in total. The highest BCUT2D eigenvalue weighted by molar-refractivity contribution is 5.97. The summed E-state index contributed by atoms with van der Waals surface area (Å²) in [4.78, 5) is 38.9. The third kappa shape index (κ3) is 6.02. The molecular formula is C31H35F2N3O5. The Bertz CT molecular complexity index is 1540. The molecule has 0 radical (unpaired) electrons. The molecule has 41 heavy (non-hydrogen) atoms. The second-order valence-corrected chi connectivity index (χ2v) is 10.5. The summed E-state index contributed by atoms with van der Waals surface area (Å²) in [7, 11) is 2.89. The van der Waals surface area contributed by atoms with Gasteiger partial charge in [-0.1, -0.05) is 19.1 Å². The molecular weight excluding hydrogens is 532 g/mol. The molecule has 10 heteroatoms. The van der Waals surface area contributed by atoms with Crippen molar-refractivity contribution in [3.63, 3.8) is 0 Å². The summed E-state index contributed by atoms with van der Waals surface area (Å²) in [6.45, 7) is 8.07. The average molecular weight is 568 g/mol. The van der Waals surface area contributed by atoms with E-state index in [4.69, 9.17) is 9.47 Å². The van der Waals surface area contributed by atoms with E-state index in [9.17, 15) is 23.2 Å². The number of hydrogen-bond donors (Lipinski definition) is 2. The molecule has 2 atom stereocenters. The smallest absolute Gasteiger partial charge is 0.328 e. The first-order chi connectivity index (χ1) is 19.5. The van der Waals surface area contributed by atoms with Gasteiger partial charge in [-0.2, -0.15) is 0 Å². The van der Waals surface area contributed by atoms with Gasteiger partial charge in [0.25, 0.3) is 11.5 Å². The number of hydrogen-bond acceptors (Lipinski definition) is 6. The minimum Gasteiger partial charge on any atom is -0.467 e. The molecule has 1 amide bonds. The number of carbonyl (C=O) groups excluding carboxylic acids is 2. The van der Waals surface area contributed by atoms with E-state index in [0.29, 0.717) is 11.1 Å².